The molecule has 0 saturated carbocycles. The fourth-order valence-corrected chi connectivity index (χ4v) is 4.19. The van der Waals surface area contributed by atoms with Crippen LogP contribution in [0.15, 0.2) is 24.3 Å². The molecule has 1 unspecified atom stereocenters. The number of carbonyl (C=O) groups excluding carboxylic acids is 1. The van der Waals surface area contributed by atoms with Gasteiger partial charge in [-0.05, 0) is 31.0 Å². The number of carbonyl (C=O) groups is 1. The lowest BCUT2D eigenvalue weighted by Gasteiger charge is -2.34. The minimum absolute atomic E-state index is 0.0181. The second-order valence-corrected chi connectivity index (χ2v) is 7.05. The van der Waals surface area contributed by atoms with Gasteiger partial charge in [-0.3, -0.25) is 4.79 Å². The number of nitrogens with two attached hydrogens (primary N) is 1. The molecule has 1 aromatic rings. The van der Waals surface area contributed by atoms with Gasteiger partial charge < -0.3 is 16.0 Å². The van der Waals surface area contributed by atoms with Crippen LogP contribution in [0.25, 0.3) is 5.57 Å². The molecule has 1 amide bonds. The Kier molecular flexibility index (Phi) is 4.95. The lowest BCUT2D eigenvalue weighted by atomic mass is 9.75. The predicted octanol–water partition coefficient (Wildman–Crippen LogP) is 2.10. The summed E-state index contributed by atoms with van der Waals surface area (Å²) in [5.74, 6) is 0.770. The molecule has 3 aliphatic rings. The fraction of sp³-hybridized carbons (Fsp3) is 0.550. The highest BCUT2D eigenvalue weighted by molar-refractivity contribution is 5.86. The summed E-state index contributed by atoms with van der Waals surface area (Å²) >= 11 is 0. The van der Waals surface area contributed by atoms with Gasteiger partial charge in [0.25, 0.3) is 0 Å². The van der Waals surface area contributed by atoms with Crippen LogP contribution in [0.1, 0.15) is 51.2 Å². The number of rotatable bonds is 2. The van der Waals surface area contributed by atoms with E-state index >= 15 is 0 Å². The van der Waals surface area contributed by atoms with Crippen molar-refractivity contribution >= 4 is 17.2 Å². The third-order valence-corrected chi connectivity index (χ3v) is 5.13. The third-order valence-electron chi connectivity index (χ3n) is 5.13. The molecule has 4 rings (SSSR count). The first kappa shape index (κ1) is 17.0. The average molecular weight is 328 g/mol. The zero-order valence-corrected chi connectivity index (χ0v) is 15.2. The third kappa shape index (κ3) is 2.95. The van der Waals surface area contributed by atoms with Crippen LogP contribution >= 0.6 is 0 Å². The van der Waals surface area contributed by atoms with Gasteiger partial charge in [0.2, 0.25) is 5.91 Å². The van der Waals surface area contributed by atoms with Crippen LogP contribution in [-0.2, 0) is 4.79 Å². The number of quaternary nitrogens is 1. The molecule has 0 radical (unpaired) electrons. The van der Waals surface area contributed by atoms with Crippen molar-refractivity contribution in [2.45, 2.75) is 52.1 Å². The van der Waals surface area contributed by atoms with Gasteiger partial charge in [0.05, 0.1) is 6.54 Å². The van der Waals surface area contributed by atoms with Crippen LogP contribution in [0.3, 0.4) is 0 Å². The molecule has 0 fully saturated rings. The maximum absolute atomic E-state index is 12.4. The molecule has 24 heavy (non-hydrogen) atoms. The molecule has 4 heteroatoms. The van der Waals surface area contributed by atoms with Gasteiger partial charge in [-0.15, -0.1) is 0 Å². The van der Waals surface area contributed by atoms with Crippen LogP contribution in [0, 0.1) is 5.92 Å². The summed E-state index contributed by atoms with van der Waals surface area (Å²) in [5, 5.41) is 8.95. The second kappa shape index (κ2) is 6.98. The quantitative estimate of drug-likeness (QED) is 0.779. The predicted molar refractivity (Wildman–Crippen MR) is 99.0 cm³/mol. The van der Waals surface area contributed by atoms with Crippen molar-refractivity contribution in [3.8, 4) is 0 Å². The first-order valence-corrected chi connectivity index (χ1v) is 9.36. The summed E-state index contributed by atoms with van der Waals surface area (Å²) in [6.45, 7) is 9.95. The lowest BCUT2D eigenvalue weighted by Crippen LogP contribution is -2.93. The molecular formula is C20H30N3O+. The van der Waals surface area contributed by atoms with Gasteiger partial charge >= 0.3 is 0 Å². The van der Waals surface area contributed by atoms with E-state index in [9.17, 15) is 4.79 Å². The monoisotopic (exact) mass is 328 g/mol. The largest absolute Gasteiger partial charge is 0.384 e. The van der Waals surface area contributed by atoms with Crippen molar-refractivity contribution in [3.05, 3.63) is 35.4 Å². The smallest absolute Gasteiger partial charge is 0.232 e. The van der Waals surface area contributed by atoms with Gasteiger partial charge in [-0.2, -0.15) is 0 Å². The van der Waals surface area contributed by atoms with Crippen LogP contribution < -0.4 is 16.0 Å². The van der Waals surface area contributed by atoms with Crippen LogP contribution in [0.5, 0.6) is 0 Å². The molecular weight excluding hydrogens is 298 g/mol. The van der Waals surface area contributed by atoms with Gasteiger partial charge in [0, 0.05) is 36.2 Å². The van der Waals surface area contributed by atoms with E-state index in [0.29, 0.717) is 12.0 Å². The molecule has 2 aliphatic heterocycles. The van der Waals surface area contributed by atoms with Crippen LogP contribution in [0.2, 0.25) is 0 Å². The maximum atomic E-state index is 12.4. The van der Waals surface area contributed by atoms with Crippen LogP contribution in [0.4, 0.5) is 5.69 Å². The van der Waals surface area contributed by atoms with E-state index in [0.717, 1.165) is 13.1 Å². The number of nitrogens with one attached hydrogen (secondary N) is 2. The van der Waals surface area contributed by atoms with E-state index in [2.05, 4.69) is 40.2 Å². The molecule has 4 N–H and O–H groups in total. The molecule has 0 saturated heterocycles. The Labute approximate surface area is 145 Å². The molecule has 1 aromatic carbocycles. The first-order chi connectivity index (χ1) is 11.6. The van der Waals surface area contributed by atoms with Gasteiger partial charge in [-0.1, -0.05) is 32.1 Å². The summed E-state index contributed by atoms with van der Waals surface area (Å²) in [7, 11) is 0. The van der Waals surface area contributed by atoms with Gasteiger partial charge in [-0.25, -0.2) is 0 Å². The number of amides is 1. The number of hydrogen-bond acceptors (Lipinski definition) is 2. The Morgan fingerprint density at radius 3 is 2.88 bits per heavy atom. The molecule has 1 aliphatic carbocycles. The van der Waals surface area contributed by atoms with E-state index in [1.807, 2.05) is 27.7 Å². The minimum Gasteiger partial charge on any atom is -0.384 e. The molecule has 0 bridgehead atoms. The highest BCUT2D eigenvalue weighted by Crippen LogP contribution is 2.45. The standard InChI is InChI=1S/C18H23N3O.C2H6/c1-10(2)21-18(22)12-6-14-13-4-3-5-15-17(13)11(8-19-15)7-16(14)20-9-12;1-2/h3-6,10-12,16,19-20H,7-9H2,1-2H3,(H,21,22);1-2H3/p+1/t11?,12-,16-;/m1./s1. The SMILES string of the molecule is CC.CC(C)NC(=O)[C@@H]1C=C2c3cccc4c3C(CN4)C[C@H]2[NH2+]C1. The van der Waals surface area contributed by atoms with E-state index in [1.165, 1.54) is 28.8 Å². The van der Waals surface area contributed by atoms with Crippen molar-refractivity contribution in [2.75, 3.05) is 18.4 Å². The summed E-state index contributed by atoms with van der Waals surface area (Å²) < 4.78 is 0. The summed E-state index contributed by atoms with van der Waals surface area (Å²) in [4.78, 5) is 12.4. The zero-order chi connectivity index (χ0) is 17.3. The molecule has 3 atom stereocenters. The molecule has 130 valence electrons. The Balaban J connectivity index is 0.000000815. The van der Waals surface area contributed by atoms with Crippen molar-refractivity contribution < 1.29 is 10.1 Å². The minimum atomic E-state index is -0.0181. The van der Waals surface area contributed by atoms with E-state index in [4.69, 9.17) is 0 Å². The number of fused-ring (bicyclic) bond motifs is 2. The van der Waals surface area contributed by atoms with Gasteiger partial charge in [0.1, 0.15) is 12.0 Å². The highest BCUT2D eigenvalue weighted by atomic mass is 16.1. The normalized spacial score (nSPS) is 26.4. The Morgan fingerprint density at radius 2 is 2.12 bits per heavy atom. The van der Waals surface area contributed by atoms with Crippen molar-refractivity contribution in [1.82, 2.24) is 5.32 Å². The fourth-order valence-electron chi connectivity index (χ4n) is 4.19. The zero-order valence-electron chi connectivity index (χ0n) is 15.2. The Hall–Kier alpha value is -1.81. The highest BCUT2D eigenvalue weighted by Gasteiger charge is 2.40. The first-order valence-electron chi connectivity index (χ1n) is 9.36. The summed E-state index contributed by atoms with van der Waals surface area (Å²) in [5.41, 5.74) is 5.49. The average Bonchev–Trinajstić information content (AvgIpc) is 3.00. The molecule has 0 spiro atoms. The van der Waals surface area contributed by atoms with E-state index < -0.39 is 0 Å². The summed E-state index contributed by atoms with van der Waals surface area (Å²) in [6.07, 6.45) is 3.41. The number of benzene rings is 1. The Morgan fingerprint density at radius 1 is 1.33 bits per heavy atom. The second-order valence-electron chi connectivity index (χ2n) is 7.05. The number of hydrogen-bond donors (Lipinski definition) is 3. The van der Waals surface area contributed by atoms with Crippen LogP contribution in [-0.4, -0.2) is 31.1 Å². The Bertz CT molecular complexity index is 650. The van der Waals surface area contributed by atoms with E-state index in [1.54, 1.807) is 0 Å². The van der Waals surface area contributed by atoms with Crippen molar-refractivity contribution in [3.63, 3.8) is 0 Å². The van der Waals surface area contributed by atoms with Crippen molar-refractivity contribution in [1.29, 1.82) is 0 Å². The topological polar surface area (TPSA) is 57.7 Å². The van der Waals surface area contributed by atoms with E-state index in [-0.39, 0.29) is 17.9 Å². The summed E-state index contributed by atoms with van der Waals surface area (Å²) in [6, 6.07) is 7.24. The maximum Gasteiger partial charge on any atom is 0.232 e. The molecule has 2 heterocycles. The number of anilines is 1. The lowest BCUT2D eigenvalue weighted by molar-refractivity contribution is -0.682. The molecule has 0 aromatic heterocycles. The van der Waals surface area contributed by atoms with Crippen molar-refractivity contribution in [2.24, 2.45) is 5.92 Å². The van der Waals surface area contributed by atoms with Gasteiger partial charge in [0.15, 0.2) is 0 Å². The molecule has 4 nitrogen and oxygen atoms in total.